The number of rotatable bonds is 5. The number of fused-ring (bicyclic) bond motifs is 2. The average molecular weight is 259 g/mol. The van der Waals surface area contributed by atoms with Gasteiger partial charge in [-0.3, -0.25) is 0 Å². The Kier molecular flexibility index (Phi) is 3.79. The number of aryl methyl sites for hydroxylation is 2. The Morgan fingerprint density at radius 3 is 2.68 bits per heavy atom. The number of hydrogen-bond acceptors (Lipinski definition) is 2. The van der Waals surface area contributed by atoms with Gasteiger partial charge in [0.15, 0.2) is 0 Å². The van der Waals surface area contributed by atoms with Crippen molar-refractivity contribution in [2.45, 2.75) is 57.9 Å². The maximum absolute atomic E-state index is 5.71. The Bertz CT molecular complexity index is 510. The molecule has 0 unspecified atom stereocenters. The molecule has 0 radical (unpaired) electrons. The Balaban J connectivity index is 1.48. The summed E-state index contributed by atoms with van der Waals surface area (Å²) in [6, 6.07) is 5.18. The lowest BCUT2D eigenvalue weighted by atomic mass is 9.94. The second kappa shape index (κ2) is 5.54. The van der Waals surface area contributed by atoms with Crippen molar-refractivity contribution >= 4 is 11.2 Å². The SMILES string of the molecule is Cc1cc2cc(CCCN(C)C3CCCCC3)c1o2. The standard InChI is InChI=1S/C17H25NO/c1-13-11-16-12-14(17(13)19-16)7-6-10-18(2)15-8-4-3-5-9-15/h11-12,15H,3-10H2,1-2H3. The van der Waals surface area contributed by atoms with E-state index in [1.165, 1.54) is 56.2 Å². The highest BCUT2D eigenvalue weighted by Gasteiger charge is 2.18. The van der Waals surface area contributed by atoms with E-state index >= 15 is 0 Å². The summed E-state index contributed by atoms with van der Waals surface area (Å²) >= 11 is 0. The van der Waals surface area contributed by atoms with E-state index in [-0.39, 0.29) is 0 Å². The van der Waals surface area contributed by atoms with E-state index in [0.29, 0.717) is 0 Å². The Hall–Kier alpha value is -1.02. The average Bonchev–Trinajstić information content (AvgIpc) is 2.98. The lowest BCUT2D eigenvalue weighted by Crippen LogP contribution is -2.34. The van der Waals surface area contributed by atoms with Crippen LogP contribution in [-0.2, 0) is 6.42 Å². The van der Waals surface area contributed by atoms with E-state index in [9.17, 15) is 0 Å². The van der Waals surface area contributed by atoms with Crippen LogP contribution in [0, 0.1) is 6.92 Å². The van der Waals surface area contributed by atoms with Crippen LogP contribution in [0.3, 0.4) is 0 Å². The summed E-state index contributed by atoms with van der Waals surface area (Å²) in [6.45, 7) is 3.36. The van der Waals surface area contributed by atoms with Crippen LogP contribution in [0.4, 0.5) is 0 Å². The van der Waals surface area contributed by atoms with Gasteiger partial charge in [-0.25, -0.2) is 0 Å². The molecule has 0 N–H and O–H groups in total. The second-order valence-electron chi connectivity index (χ2n) is 6.21. The van der Waals surface area contributed by atoms with Gasteiger partial charge in [-0.1, -0.05) is 19.3 Å². The van der Waals surface area contributed by atoms with Crippen LogP contribution in [0.1, 0.15) is 49.7 Å². The molecule has 104 valence electrons. The molecular formula is C17H25NO. The maximum Gasteiger partial charge on any atom is 0.133 e. The number of hydrogen-bond donors (Lipinski definition) is 0. The van der Waals surface area contributed by atoms with E-state index < -0.39 is 0 Å². The molecule has 2 aromatic rings. The fourth-order valence-corrected chi connectivity index (χ4v) is 3.54. The number of benzene rings is 1. The van der Waals surface area contributed by atoms with Crippen LogP contribution in [0.2, 0.25) is 0 Å². The van der Waals surface area contributed by atoms with E-state index in [4.69, 9.17) is 4.42 Å². The first kappa shape index (κ1) is 13.0. The minimum absolute atomic E-state index is 0.836. The molecule has 1 aliphatic carbocycles. The van der Waals surface area contributed by atoms with Gasteiger partial charge in [0, 0.05) is 6.04 Å². The van der Waals surface area contributed by atoms with Crippen molar-refractivity contribution in [3.63, 3.8) is 0 Å². The quantitative estimate of drug-likeness (QED) is 0.792. The monoisotopic (exact) mass is 259 g/mol. The lowest BCUT2D eigenvalue weighted by Gasteiger charge is -2.31. The molecule has 0 aromatic carbocycles. The molecule has 0 amide bonds. The summed E-state index contributed by atoms with van der Waals surface area (Å²) < 4.78 is 5.71. The third-order valence-electron chi connectivity index (χ3n) is 4.70. The molecule has 0 spiro atoms. The first-order chi connectivity index (χ1) is 9.24. The Labute approximate surface area is 116 Å². The van der Waals surface area contributed by atoms with Gasteiger partial charge in [-0.05, 0) is 69.5 Å². The largest absolute Gasteiger partial charge is 0.457 e. The fourth-order valence-electron chi connectivity index (χ4n) is 3.54. The maximum atomic E-state index is 5.71. The van der Waals surface area contributed by atoms with Crippen molar-refractivity contribution < 1.29 is 4.42 Å². The normalized spacial score (nSPS) is 17.8. The molecule has 0 aliphatic heterocycles. The molecule has 2 bridgehead atoms. The van der Waals surface area contributed by atoms with Crippen LogP contribution < -0.4 is 0 Å². The molecule has 19 heavy (non-hydrogen) atoms. The van der Waals surface area contributed by atoms with E-state index in [1.807, 2.05) is 0 Å². The summed E-state index contributed by atoms with van der Waals surface area (Å²) in [5, 5.41) is 0. The molecule has 1 fully saturated rings. The van der Waals surface area contributed by atoms with Crippen LogP contribution in [0.25, 0.3) is 11.2 Å². The van der Waals surface area contributed by atoms with Gasteiger partial charge in [0.25, 0.3) is 0 Å². The molecule has 2 heteroatoms. The van der Waals surface area contributed by atoms with Crippen molar-refractivity contribution in [3.05, 3.63) is 23.3 Å². The number of furan rings is 2. The minimum Gasteiger partial charge on any atom is -0.457 e. The molecule has 0 atom stereocenters. The molecule has 2 heterocycles. The first-order valence-electron chi connectivity index (χ1n) is 7.75. The Morgan fingerprint density at radius 1 is 1.21 bits per heavy atom. The van der Waals surface area contributed by atoms with Gasteiger partial charge in [0.05, 0.1) is 0 Å². The molecule has 0 saturated heterocycles. The second-order valence-corrected chi connectivity index (χ2v) is 6.21. The molecule has 2 nitrogen and oxygen atoms in total. The molecule has 2 aromatic heterocycles. The zero-order valence-corrected chi connectivity index (χ0v) is 12.2. The molecule has 1 saturated carbocycles. The van der Waals surface area contributed by atoms with Crippen LogP contribution in [-0.4, -0.2) is 24.5 Å². The predicted octanol–water partition coefficient (Wildman–Crippen LogP) is 4.38. The zero-order valence-electron chi connectivity index (χ0n) is 12.2. The summed E-state index contributed by atoms with van der Waals surface area (Å²) in [5.41, 5.74) is 4.89. The predicted molar refractivity (Wildman–Crippen MR) is 80.0 cm³/mol. The highest BCUT2D eigenvalue weighted by atomic mass is 16.3. The summed E-state index contributed by atoms with van der Waals surface area (Å²) in [7, 11) is 2.30. The van der Waals surface area contributed by atoms with E-state index in [0.717, 1.165) is 23.6 Å². The highest BCUT2D eigenvalue weighted by molar-refractivity contribution is 5.70. The van der Waals surface area contributed by atoms with Crippen molar-refractivity contribution in [2.75, 3.05) is 13.6 Å². The van der Waals surface area contributed by atoms with Gasteiger partial charge >= 0.3 is 0 Å². The van der Waals surface area contributed by atoms with Crippen molar-refractivity contribution in [2.24, 2.45) is 0 Å². The van der Waals surface area contributed by atoms with Gasteiger partial charge < -0.3 is 9.32 Å². The topological polar surface area (TPSA) is 16.4 Å². The summed E-state index contributed by atoms with van der Waals surface area (Å²) in [4.78, 5) is 2.58. The van der Waals surface area contributed by atoms with Crippen molar-refractivity contribution in [1.82, 2.24) is 4.90 Å². The minimum atomic E-state index is 0.836. The smallest absolute Gasteiger partial charge is 0.133 e. The summed E-state index contributed by atoms with van der Waals surface area (Å²) in [6.07, 6.45) is 9.49. The third-order valence-corrected chi connectivity index (χ3v) is 4.70. The summed E-state index contributed by atoms with van der Waals surface area (Å²) in [5.74, 6) is 0. The molecule has 1 aliphatic rings. The van der Waals surface area contributed by atoms with Crippen LogP contribution >= 0.6 is 0 Å². The van der Waals surface area contributed by atoms with Gasteiger partial charge in [0.1, 0.15) is 11.2 Å². The van der Waals surface area contributed by atoms with Gasteiger partial charge in [0.2, 0.25) is 0 Å². The third kappa shape index (κ3) is 2.79. The van der Waals surface area contributed by atoms with E-state index in [1.54, 1.807) is 0 Å². The fraction of sp³-hybridized carbons (Fsp3) is 0.647. The Morgan fingerprint density at radius 2 is 2.00 bits per heavy atom. The van der Waals surface area contributed by atoms with Gasteiger partial charge in [-0.2, -0.15) is 0 Å². The van der Waals surface area contributed by atoms with Crippen LogP contribution in [0.5, 0.6) is 0 Å². The zero-order chi connectivity index (χ0) is 13.2. The van der Waals surface area contributed by atoms with Crippen LogP contribution in [0.15, 0.2) is 16.5 Å². The van der Waals surface area contributed by atoms with E-state index in [2.05, 4.69) is 31.0 Å². The number of nitrogens with zero attached hydrogens (tertiary/aromatic N) is 1. The van der Waals surface area contributed by atoms with Crippen molar-refractivity contribution in [1.29, 1.82) is 0 Å². The van der Waals surface area contributed by atoms with Gasteiger partial charge in [-0.15, -0.1) is 0 Å². The highest BCUT2D eigenvalue weighted by Crippen LogP contribution is 2.28. The molecule has 3 rings (SSSR count). The first-order valence-corrected chi connectivity index (χ1v) is 7.75. The lowest BCUT2D eigenvalue weighted by molar-refractivity contribution is 0.190. The van der Waals surface area contributed by atoms with Crippen molar-refractivity contribution in [3.8, 4) is 0 Å². The molecular weight excluding hydrogens is 234 g/mol.